The van der Waals surface area contributed by atoms with Crippen molar-refractivity contribution in [1.82, 2.24) is 0 Å². The molecule has 0 aliphatic heterocycles. The second-order valence-corrected chi connectivity index (χ2v) is 3.45. The second kappa shape index (κ2) is 5.45. The fraction of sp³-hybridized carbons (Fsp3) is 0.333. The molecule has 0 bridgehead atoms. The summed E-state index contributed by atoms with van der Waals surface area (Å²) in [6.45, 7) is 7.40. The summed E-state index contributed by atoms with van der Waals surface area (Å²) >= 11 is 11.5. The van der Waals surface area contributed by atoms with Crippen LogP contribution in [0.25, 0.3) is 0 Å². The molecule has 0 aliphatic rings. The van der Waals surface area contributed by atoms with Gasteiger partial charge in [0.15, 0.2) is 0 Å². The highest BCUT2D eigenvalue weighted by molar-refractivity contribution is 6.32. The van der Waals surface area contributed by atoms with Crippen molar-refractivity contribution in [2.75, 3.05) is 0 Å². The van der Waals surface area contributed by atoms with Gasteiger partial charge in [-0.1, -0.05) is 29.8 Å². The molecule has 0 aromatic carbocycles. The van der Waals surface area contributed by atoms with Gasteiger partial charge in [0.05, 0.1) is 5.38 Å². The molecule has 0 aliphatic carbocycles. The first-order valence-electron chi connectivity index (χ1n) is 3.38. The molecule has 0 N–H and O–H groups in total. The van der Waals surface area contributed by atoms with Crippen LogP contribution in [0.3, 0.4) is 0 Å². The molecule has 0 saturated heterocycles. The Morgan fingerprint density at radius 3 is 2.45 bits per heavy atom. The maximum Gasteiger partial charge on any atom is 0.0504 e. The second-order valence-electron chi connectivity index (χ2n) is 2.32. The molecule has 1 atom stereocenters. The zero-order chi connectivity index (χ0) is 8.85. The van der Waals surface area contributed by atoms with E-state index >= 15 is 0 Å². The number of rotatable bonds is 3. The molecular formula is C9H12Cl2. The Morgan fingerprint density at radius 1 is 1.55 bits per heavy atom. The van der Waals surface area contributed by atoms with Gasteiger partial charge in [0, 0.05) is 5.03 Å². The van der Waals surface area contributed by atoms with Crippen molar-refractivity contribution in [2.24, 2.45) is 0 Å². The van der Waals surface area contributed by atoms with Crippen LogP contribution >= 0.6 is 23.2 Å². The van der Waals surface area contributed by atoms with E-state index < -0.39 is 0 Å². The summed E-state index contributed by atoms with van der Waals surface area (Å²) in [6.07, 6.45) is 5.35. The smallest absolute Gasteiger partial charge is 0.0504 e. The molecule has 0 aromatic heterocycles. The van der Waals surface area contributed by atoms with Crippen LogP contribution in [0.5, 0.6) is 0 Å². The standard InChI is InChI=1S/C9H12Cl2/c1-4-7(2)5-9(11)6-8(3)10/h4-6,8H,1H2,2-3H3/b7-5-,9-6+. The van der Waals surface area contributed by atoms with Crippen LogP contribution in [0, 0.1) is 0 Å². The minimum Gasteiger partial charge on any atom is -0.119 e. The van der Waals surface area contributed by atoms with E-state index in [1.165, 1.54) is 0 Å². The fourth-order valence-electron chi connectivity index (χ4n) is 0.544. The first-order valence-corrected chi connectivity index (χ1v) is 4.20. The molecule has 2 heteroatoms. The van der Waals surface area contributed by atoms with Gasteiger partial charge in [0.1, 0.15) is 0 Å². The highest BCUT2D eigenvalue weighted by Crippen LogP contribution is 2.10. The fourth-order valence-corrected chi connectivity index (χ4v) is 1.11. The minimum atomic E-state index is -0.0311. The Bertz CT molecular complexity index is 188. The predicted octanol–water partition coefficient (Wildman–Crippen LogP) is 3.87. The molecule has 0 aromatic rings. The van der Waals surface area contributed by atoms with E-state index in [1.54, 1.807) is 12.2 Å². The van der Waals surface area contributed by atoms with Crippen LogP contribution in [0.1, 0.15) is 13.8 Å². The zero-order valence-electron chi connectivity index (χ0n) is 6.77. The van der Waals surface area contributed by atoms with Gasteiger partial charge in [0.25, 0.3) is 0 Å². The lowest BCUT2D eigenvalue weighted by molar-refractivity contribution is 1.22. The van der Waals surface area contributed by atoms with Gasteiger partial charge in [-0.15, -0.1) is 11.6 Å². The number of halogens is 2. The van der Waals surface area contributed by atoms with Crippen LogP contribution < -0.4 is 0 Å². The zero-order valence-corrected chi connectivity index (χ0v) is 8.28. The summed E-state index contributed by atoms with van der Waals surface area (Å²) in [7, 11) is 0. The van der Waals surface area contributed by atoms with Gasteiger partial charge in [-0.05, 0) is 26.0 Å². The van der Waals surface area contributed by atoms with Crippen molar-refractivity contribution >= 4 is 23.2 Å². The van der Waals surface area contributed by atoms with Gasteiger partial charge >= 0.3 is 0 Å². The summed E-state index contributed by atoms with van der Waals surface area (Å²) in [6, 6.07) is 0. The van der Waals surface area contributed by atoms with Crippen molar-refractivity contribution in [3.8, 4) is 0 Å². The average Bonchev–Trinajstić information content (AvgIpc) is 1.85. The van der Waals surface area contributed by atoms with Gasteiger partial charge in [-0.3, -0.25) is 0 Å². The number of hydrogen-bond donors (Lipinski definition) is 0. The molecular weight excluding hydrogens is 179 g/mol. The SMILES string of the molecule is C=C/C(C)=C\C(Cl)=C/C(C)Cl. The van der Waals surface area contributed by atoms with Crippen LogP contribution in [0.2, 0.25) is 0 Å². The van der Waals surface area contributed by atoms with Crippen LogP contribution in [-0.4, -0.2) is 5.38 Å². The monoisotopic (exact) mass is 190 g/mol. The number of allylic oxidation sites excluding steroid dienone is 5. The highest BCUT2D eigenvalue weighted by atomic mass is 35.5. The molecule has 0 radical (unpaired) electrons. The normalized spacial score (nSPS) is 16.4. The Labute approximate surface area is 78.2 Å². The average molecular weight is 191 g/mol. The summed E-state index contributed by atoms with van der Waals surface area (Å²) in [5.41, 5.74) is 1.03. The first-order chi connectivity index (χ1) is 5.06. The van der Waals surface area contributed by atoms with Crippen molar-refractivity contribution in [3.05, 3.63) is 35.4 Å². The Hall–Kier alpha value is -0.200. The molecule has 0 spiro atoms. The molecule has 1 unspecified atom stereocenters. The van der Waals surface area contributed by atoms with Gasteiger partial charge < -0.3 is 0 Å². The highest BCUT2D eigenvalue weighted by Gasteiger charge is 1.91. The van der Waals surface area contributed by atoms with Crippen molar-refractivity contribution < 1.29 is 0 Å². The maximum absolute atomic E-state index is 5.80. The lowest BCUT2D eigenvalue weighted by atomic mass is 10.2. The van der Waals surface area contributed by atoms with Gasteiger partial charge in [0.2, 0.25) is 0 Å². The molecule has 0 saturated carbocycles. The lowest BCUT2D eigenvalue weighted by Crippen LogP contribution is -1.82. The summed E-state index contributed by atoms with van der Waals surface area (Å²) in [5, 5.41) is 0.626. The third kappa shape index (κ3) is 6.21. The van der Waals surface area contributed by atoms with Crippen LogP contribution in [0.4, 0.5) is 0 Å². The molecule has 0 fully saturated rings. The molecule has 62 valence electrons. The van der Waals surface area contributed by atoms with E-state index in [4.69, 9.17) is 23.2 Å². The maximum atomic E-state index is 5.80. The summed E-state index contributed by atoms with van der Waals surface area (Å²) < 4.78 is 0. The third-order valence-electron chi connectivity index (χ3n) is 1.08. The molecule has 0 nitrogen and oxygen atoms in total. The Morgan fingerprint density at radius 2 is 2.09 bits per heavy atom. The summed E-state index contributed by atoms with van der Waals surface area (Å²) in [4.78, 5) is 0. The third-order valence-corrected chi connectivity index (χ3v) is 1.44. The molecule has 0 amide bonds. The van der Waals surface area contributed by atoms with Crippen molar-refractivity contribution in [2.45, 2.75) is 19.2 Å². The quantitative estimate of drug-likeness (QED) is 0.469. The van der Waals surface area contributed by atoms with E-state index in [0.717, 1.165) is 5.57 Å². The predicted molar refractivity (Wildman–Crippen MR) is 53.2 cm³/mol. The largest absolute Gasteiger partial charge is 0.119 e. The molecule has 11 heavy (non-hydrogen) atoms. The topological polar surface area (TPSA) is 0 Å². The lowest BCUT2D eigenvalue weighted by Gasteiger charge is -1.94. The van der Waals surface area contributed by atoms with E-state index in [0.29, 0.717) is 5.03 Å². The van der Waals surface area contributed by atoms with E-state index in [2.05, 4.69) is 6.58 Å². The van der Waals surface area contributed by atoms with E-state index in [1.807, 2.05) is 19.9 Å². The van der Waals surface area contributed by atoms with Crippen LogP contribution in [-0.2, 0) is 0 Å². The Balaban J connectivity index is 4.26. The minimum absolute atomic E-state index is 0.0311. The van der Waals surface area contributed by atoms with Gasteiger partial charge in [-0.2, -0.15) is 0 Å². The van der Waals surface area contributed by atoms with Crippen molar-refractivity contribution in [1.29, 1.82) is 0 Å². The Kier molecular flexibility index (Phi) is 5.35. The van der Waals surface area contributed by atoms with E-state index in [9.17, 15) is 0 Å². The number of hydrogen-bond acceptors (Lipinski definition) is 0. The summed E-state index contributed by atoms with van der Waals surface area (Å²) in [5.74, 6) is 0. The van der Waals surface area contributed by atoms with Gasteiger partial charge in [-0.25, -0.2) is 0 Å². The first kappa shape index (κ1) is 10.8. The van der Waals surface area contributed by atoms with Crippen molar-refractivity contribution in [3.63, 3.8) is 0 Å². The van der Waals surface area contributed by atoms with E-state index in [-0.39, 0.29) is 5.38 Å². The molecule has 0 rings (SSSR count). The molecule has 0 heterocycles. The van der Waals surface area contributed by atoms with Crippen LogP contribution in [0.15, 0.2) is 35.4 Å². The number of alkyl halides is 1.